The molecule has 0 spiro atoms. The van der Waals surface area contributed by atoms with E-state index in [4.69, 9.17) is 4.74 Å². The van der Waals surface area contributed by atoms with E-state index in [0.717, 1.165) is 17.5 Å². The van der Waals surface area contributed by atoms with Crippen molar-refractivity contribution in [3.8, 4) is 29.0 Å². The Morgan fingerprint density at radius 3 is 2.82 bits per heavy atom. The minimum absolute atomic E-state index is 0.170. The zero-order valence-electron chi connectivity index (χ0n) is 15.4. The molecule has 1 aliphatic rings. The van der Waals surface area contributed by atoms with Gasteiger partial charge in [0.25, 0.3) is 5.56 Å². The van der Waals surface area contributed by atoms with Crippen LogP contribution >= 0.6 is 0 Å². The Kier molecular flexibility index (Phi) is 4.53. The number of rotatable bonds is 3. The molecule has 140 valence electrons. The van der Waals surface area contributed by atoms with E-state index in [2.05, 4.69) is 38.1 Å². The van der Waals surface area contributed by atoms with E-state index < -0.39 is 11.2 Å². The lowest BCUT2D eigenvalue weighted by atomic mass is 10.1. The molecule has 2 atom stereocenters. The molecule has 7 heteroatoms. The Morgan fingerprint density at radius 1 is 1.21 bits per heavy atom. The van der Waals surface area contributed by atoms with Gasteiger partial charge in [0.05, 0.1) is 12.7 Å². The normalized spacial score (nSPS) is 17.5. The molecule has 1 fully saturated rings. The van der Waals surface area contributed by atoms with Crippen LogP contribution in [0.5, 0.6) is 5.88 Å². The summed E-state index contributed by atoms with van der Waals surface area (Å²) in [5, 5.41) is 8.15. The standard InChI is InChI=1S/C21H18N4O3/c1-12-4-3-5-13(8-12)6-7-14-9-15(14)16-10-18(24-25-20(16)28-2)17-11-22-21(27)23-19(17)26/h3-5,8,10-11,14-15H,9H2,1-2H3,(H2,22,23,26,27)/t14-,15-/m0/s1. The summed E-state index contributed by atoms with van der Waals surface area (Å²) in [5.41, 5.74) is 2.58. The fraction of sp³-hybridized carbons (Fsp3) is 0.238. The average Bonchev–Trinajstić information content (AvgIpc) is 3.46. The van der Waals surface area contributed by atoms with Crippen molar-refractivity contribution in [2.75, 3.05) is 7.11 Å². The number of hydrogen-bond donors (Lipinski definition) is 2. The Labute approximate surface area is 160 Å². The number of methoxy groups -OCH3 is 1. The molecular formula is C21H18N4O3. The zero-order chi connectivity index (χ0) is 19.7. The smallest absolute Gasteiger partial charge is 0.325 e. The van der Waals surface area contributed by atoms with Crippen molar-refractivity contribution in [3.63, 3.8) is 0 Å². The zero-order valence-corrected chi connectivity index (χ0v) is 15.4. The lowest BCUT2D eigenvalue weighted by Crippen LogP contribution is -2.23. The van der Waals surface area contributed by atoms with Crippen LogP contribution < -0.4 is 16.0 Å². The molecule has 0 amide bonds. The van der Waals surface area contributed by atoms with Gasteiger partial charge >= 0.3 is 5.69 Å². The summed E-state index contributed by atoms with van der Waals surface area (Å²) in [4.78, 5) is 27.9. The quantitative estimate of drug-likeness (QED) is 0.683. The van der Waals surface area contributed by atoms with Crippen LogP contribution in [0.2, 0.25) is 0 Å². The summed E-state index contributed by atoms with van der Waals surface area (Å²) in [6.45, 7) is 2.04. The molecular weight excluding hydrogens is 356 g/mol. The number of ether oxygens (including phenoxy) is 1. The molecule has 2 N–H and O–H groups in total. The van der Waals surface area contributed by atoms with Gasteiger partial charge in [0.1, 0.15) is 5.69 Å². The summed E-state index contributed by atoms with van der Waals surface area (Å²) < 4.78 is 5.35. The van der Waals surface area contributed by atoms with Gasteiger partial charge in [-0.25, -0.2) is 4.79 Å². The van der Waals surface area contributed by atoms with Crippen molar-refractivity contribution >= 4 is 0 Å². The van der Waals surface area contributed by atoms with Crippen LogP contribution in [-0.2, 0) is 0 Å². The average molecular weight is 374 g/mol. The maximum atomic E-state index is 12.0. The Balaban J connectivity index is 1.63. The van der Waals surface area contributed by atoms with E-state index in [-0.39, 0.29) is 17.4 Å². The van der Waals surface area contributed by atoms with Gasteiger partial charge in [0.2, 0.25) is 5.88 Å². The molecule has 4 rings (SSSR count). The first-order valence-electron chi connectivity index (χ1n) is 8.87. The highest BCUT2D eigenvalue weighted by atomic mass is 16.5. The van der Waals surface area contributed by atoms with Crippen LogP contribution in [-0.4, -0.2) is 27.3 Å². The Morgan fingerprint density at radius 2 is 2.07 bits per heavy atom. The van der Waals surface area contributed by atoms with Crippen molar-refractivity contribution in [1.29, 1.82) is 0 Å². The summed E-state index contributed by atoms with van der Waals surface area (Å²) in [6, 6.07) is 9.87. The number of aromatic nitrogens is 4. The van der Waals surface area contributed by atoms with Crippen molar-refractivity contribution in [2.24, 2.45) is 5.92 Å². The molecule has 3 aromatic rings. The fourth-order valence-electron chi connectivity index (χ4n) is 3.15. The molecule has 1 aliphatic carbocycles. The molecule has 1 saturated carbocycles. The van der Waals surface area contributed by atoms with Crippen molar-refractivity contribution in [3.05, 3.63) is 74.1 Å². The highest BCUT2D eigenvalue weighted by Crippen LogP contribution is 2.49. The molecule has 0 aliphatic heterocycles. The first kappa shape index (κ1) is 17.7. The second-order valence-corrected chi connectivity index (χ2v) is 6.77. The minimum atomic E-state index is -0.566. The fourth-order valence-corrected chi connectivity index (χ4v) is 3.15. The van der Waals surface area contributed by atoms with E-state index >= 15 is 0 Å². The maximum absolute atomic E-state index is 12.0. The Bertz CT molecular complexity index is 1220. The summed E-state index contributed by atoms with van der Waals surface area (Å²) >= 11 is 0. The number of H-pyrrole nitrogens is 2. The minimum Gasteiger partial charge on any atom is -0.480 e. The Hall–Kier alpha value is -3.66. The SMILES string of the molecule is COc1nnc(-c2c[nH]c(=O)[nH]c2=O)cc1[C@H]1C[C@@H]1C#Cc1cccc(C)c1. The first-order valence-corrected chi connectivity index (χ1v) is 8.87. The third-order valence-electron chi connectivity index (χ3n) is 4.69. The molecule has 2 aromatic heterocycles. The molecule has 7 nitrogen and oxygen atoms in total. The van der Waals surface area contributed by atoms with Crippen LogP contribution in [0.25, 0.3) is 11.3 Å². The van der Waals surface area contributed by atoms with Gasteiger partial charge in [-0.1, -0.05) is 24.0 Å². The van der Waals surface area contributed by atoms with Crippen molar-refractivity contribution in [1.82, 2.24) is 20.2 Å². The van der Waals surface area contributed by atoms with E-state index in [1.165, 1.54) is 18.9 Å². The molecule has 28 heavy (non-hydrogen) atoms. The highest BCUT2D eigenvalue weighted by molar-refractivity contribution is 5.58. The van der Waals surface area contributed by atoms with E-state index in [1.807, 2.05) is 25.1 Å². The van der Waals surface area contributed by atoms with E-state index in [1.54, 1.807) is 6.07 Å². The topological polar surface area (TPSA) is 101 Å². The van der Waals surface area contributed by atoms with Crippen molar-refractivity contribution in [2.45, 2.75) is 19.3 Å². The van der Waals surface area contributed by atoms with Gasteiger partial charge in [0, 0.05) is 29.2 Å². The number of benzene rings is 1. The molecule has 0 saturated heterocycles. The highest BCUT2D eigenvalue weighted by Gasteiger charge is 2.40. The molecule has 0 radical (unpaired) electrons. The molecule has 2 heterocycles. The van der Waals surface area contributed by atoms with E-state index in [9.17, 15) is 9.59 Å². The monoisotopic (exact) mass is 374 g/mol. The predicted molar refractivity (Wildman–Crippen MR) is 104 cm³/mol. The number of aryl methyl sites for hydroxylation is 1. The summed E-state index contributed by atoms with van der Waals surface area (Å²) in [5.74, 6) is 7.32. The van der Waals surface area contributed by atoms with Crippen LogP contribution in [0.3, 0.4) is 0 Å². The summed E-state index contributed by atoms with van der Waals surface area (Å²) in [7, 11) is 1.54. The van der Waals surface area contributed by atoms with Gasteiger partial charge in [-0.3, -0.25) is 9.78 Å². The van der Waals surface area contributed by atoms with Crippen LogP contribution in [0.1, 0.15) is 29.0 Å². The third kappa shape index (κ3) is 3.58. The summed E-state index contributed by atoms with van der Waals surface area (Å²) in [6.07, 6.45) is 2.23. The van der Waals surface area contributed by atoms with Gasteiger partial charge in [-0.05, 0) is 37.1 Å². The number of nitrogens with zero attached hydrogens (tertiary/aromatic N) is 2. The van der Waals surface area contributed by atoms with E-state index in [0.29, 0.717) is 11.6 Å². The second kappa shape index (κ2) is 7.16. The first-order chi connectivity index (χ1) is 13.5. The molecule has 0 bridgehead atoms. The van der Waals surface area contributed by atoms with Gasteiger partial charge in [-0.2, -0.15) is 0 Å². The molecule has 0 unspecified atom stereocenters. The number of aromatic amines is 2. The lowest BCUT2D eigenvalue weighted by molar-refractivity contribution is 0.386. The third-order valence-corrected chi connectivity index (χ3v) is 4.69. The molecule has 1 aromatic carbocycles. The van der Waals surface area contributed by atoms with Crippen molar-refractivity contribution < 1.29 is 4.74 Å². The van der Waals surface area contributed by atoms with Crippen LogP contribution in [0.4, 0.5) is 0 Å². The lowest BCUT2D eigenvalue weighted by Gasteiger charge is -2.07. The maximum Gasteiger partial charge on any atom is 0.325 e. The number of hydrogen-bond acceptors (Lipinski definition) is 5. The number of nitrogens with one attached hydrogen (secondary N) is 2. The van der Waals surface area contributed by atoms with Gasteiger partial charge in [-0.15, -0.1) is 10.2 Å². The largest absolute Gasteiger partial charge is 0.480 e. The van der Waals surface area contributed by atoms with Gasteiger partial charge in [0.15, 0.2) is 0 Å². The predicted octanol–water partition coefficient (Wildman–Crippen LogP) is 1.99. The second-order valence-electron chi connectivity index (χ2n) is 6.77. The van der Waals surface area contributed by atoms with Gasteiger partial charge < -0.3 is 9.72 Å². The van der Waals surface area contributed by atoms with Crippen LogP contribution in [0, 0.1) is 24.7 Å². The van der Waals surface area contributed by atoms with Crippen LogP contribution in [0.15, 0.2) is 46.1 Å².